The van der Waals surface area contributed by atoms with Crippen LogP contribution < -0.4 is 5.73 Å². The van der Waals surface area contributed by atoms with Gasteiger partial charge in [0.2, 0.25) is 0 Å². The van der Waals surface area contributed by atoms with E-state index in [1.54, 1.807) is 0 Å². The van der Waals surface area contributed by atoms with Crippen LogP contribution in [0.15, 0.2) is 4.99 Å². The second-order valence-corrected chi connectivity index (χ2v) is 3.96. The van der Waals surface area contributed by atoms with Gasteiger partial charge in [-0.2, -0.15) is 0 Å². The van der Waals surface area contributed by atoms with E-state index in [2.05, 4.69) is 11.9 Å². The quantitative estimate of drug-likeness (QED) is 0.562. The lowest BCUT2D eigenvalue weighted by Gasteiger charge is -2.28. The van der Waals surface area contributed by atoms with Gasteiger partial charge in [-0.25, -0.2) is 0 Å². The Balaban J connectivity index is 2.18. The molecule has 0 unspecified atom stereocenters. The highest BCUT2D eigenvalue weighted by Gasteiger charge is 2.34. The number of amidine groups is 1. The Morgan fingerprint density at radius 2 is 2.27 bits per heavy atom. The highest BCUT2D eigenvalue weighted by Crippen LogP contribution is 2.37. The van der Waals surface area contributed by atoms with E-state index in [0.29, 0.717) is 6.04 Å². The Hall–Kier alpha value is -0.530. The highest BCUT2D eigenvalue weighted by molar-refractivity contribution is 5.81. The van der Waals surface area contributed by atoms with E-state index in [1.165, 1.54) is 19.3 Å². The first-order valence-electron chi connectivity index (χ1n) is 4.59. The first kappa shape index (κ1) is 7.14. The first-order valence-corrected chi connectivity index (χ1v) is 4.59. The molecule has 1 saturated carbocycles. The molecule has 1 aliphatic heterocycles. The smallest absolute Gasteiger partial charge is 0.0943 e. The Labute approximate surface area is 67.9 Å². The van der Waals surface area contributed by atoms with Crippen LogP contribution in [0.25, 0.3) is 0 Å². The minimum atomic E-state index is 0.582. The van der Waals surface area contributed by atoms with Gasteiger partial charge in [0.25, 0.3) is 0 Å². The third-order valence-electron chi connectivity index (χ3n) is 3.13. The van der Waals surface area contributed by atoms with Gasteiger partial charge in [0.05, 0.1) is 11.9 Å². The molecule has 0 spiro atoms. The number of nitrogens with zero attached hydrogens (tertiary/aromatic N) is 1. The van der Waals surface area contributed by atoms with E-state index in [9.17, 15) is 0 Å². The zero-order valence-electron chi connectivity index (χ0n) is 7.09. The van der Waals surface area contributed by atoms with Gasteiger partial charge in [-0.1, -0.05) is 13.3 Å². The van der Waals surface area contributed by atoms with Crippen LogP contribution >= 0.6 is 0 Å². The summed E-state index contributed by atoms with van der Waals surface area (Å²) in [5.74, 6) is 2.52. The maximum atomic E-state index is 5.73. The van der Waals surface area contributed by atoms with Crippen molar-refractivity contribution >= 4 is 5.84 Å². The van der Waals surface area contributed by atoms with Gasteiger partial charge in [-0.05, 0) is 24.7 Å². The lowest BCUT2D eigenvalue weighted by molar-refractivity contribution is 0.325. The van der Waals surface area contributed by atoms with Gasteiger partial charge in [-0.15, -0.1) is 0 Å². The van der Waals surface area contributed by atoms with Crippen LogP contribution in [0.5, 0.6) is 0 Å². The van der Waals surface area contributed by atoms with Crippen LogP contribution in [0.4, 0.5) is 0 Å². The standard InChI is InChI=1S/C9H16N2/c1-6-5-9(10)11-8-4-2-3-7(6)8/h6-8H,2-5H2,1H3,(H2,10,11)/t6-,7-,8-/m1/s1. The van der Waals surface area contributed by atoms with E-state index in [-0.39, 0.29) is 0 Å². The lowest BCUT2D eigenvalue weighted by atomic mass is 9.85. The number of nitrogens with two attached hydrogens (primary N) is 1. The number of fused-ring (bicyclic) bond motifs is 1. The van der Waals surface area contributed by atoms with E-state index in [4.69, 9.17) is 5.73 Å². The summed E-state index contributed by atoms with van der Waals surface area (Å²) in [4.78, 5) is 4.49. The second-order valence-electron chi connectivity index (χ2n) is 3.96. The summed E-state index contributed by atoms with van der Waals surface area (Å²) in [5.41, 5.74) is 5.73. The number of hydrogen-bond acceptors (Lipinski definition) is 2. The summed E-state index contributed by atoms with van der Waals surface area (Å²) in [6.45, 7) is 2.31. The predicted molar refractivity (Wildman–Crippen MR) is 46.5 cm³/mol. The molecule has 2 rings (SSSR count). The molecule has 0 aromatic heterocycles. The van der Waals surface area contributed by atoms with Gasteiger partial charge in [0, 0.05) is 6.42 Å². The molecule has 3 atom stereocenters. The molecule has 1 fully saturated rings. The van der Waals surface area contributed by atoms with Crippen LogP contribution in [0.3, 0.4) is 0 Å². The summed E-state index contributed by atoms with van der Waals surface area (Å²) in [6.07, 6.45) is 5.04. The summed E-state index contributed by atoms with van der Waals surface area (Å²) in [6, 6.07) is 0.582. The number of rotatable bonds is 0. The molecular formula is C9H16N2. The van der Waals surface area contributed by atoms with Crippen LogP contribution in [0, 0.1) is 11.8 Å². The average Bonchev–Trinajstić information content (AvgIpc) is 2.34. The Morgan fingerprint density at radius 1 is 1.45 bits per heavy atom. The summed E-state index contributed by atoms with van der Waals surface area (Å²) in [5, 5.41) is 0. The van der Waals surface area contributed by atoms with E-state index in [1.807, 2.05) is 0 Å². The van der Waals surface area contributed by atoms with Crippen LogP contribution in [-0.4, -0.2) is 11.9 Å². The number of aliphatic imine (C=N–C) groups is 1. The fourth-order valence-corrected chi connectivity index (χ4v) is 2.54. The third-order valence-corrected chi connectivity index (χ3v) is 3.13. The molecular weight excluding hydrogens is 136 g/mol. The minimum Gasteiger partial charge on any atom is -0.387 e. The maximum Gasteiger partial charge on any atom is 0.0943 e. The zero-order valence-corrected chi connectivity index (χ0v) is 7.09. The van der Waals surface area contributed by atoms with Crippen LogP contribution in [0.2, 0.25) is 0 Å². The van der Waals surface area contributed by atoms with Crippen molar-refractivity contribution < 1.29 is 0 Å². The fraction of sp³-hybridized carbons (Fsp3) is 0.889. The van der Waals surface area contributed by atoms with Gasteiger partial charge in [0.1, 0.15) is 0 Å². The predicted octanol–water partition coefficient (Wildman–Crippen LogP) is 1.55. The molecule has 0 bridgehead atoms. The lowest BCUT2D eigenvalue weighted by Crippen LogP contribution is -2.32. The minimum absolute atomic E-state index is 0.582. The van der Waals surface area contributed by atoms with Crippen molar-refractivity contribution in [3.8, 4) is 0 Å². The highest BCUT2D eigenvalue weighted by atomic mass is 14.9. The fourth-order valence-electron chi connectivity index (χ4n) is 2.54. The average molecular weight is 152 g/mol. The largest absolute Gasteiger partial charge is 0.387 e. The van der Waals surface area contributed by atoms with Gasteiger partial charge < -0.3 is 5.73 Å². The number of hydrogen-bond donors (Lipinski definition) is 1. The normalized spacial score (nSPS) is 43.4. The van der Waals surface area contributed by atoms with Crippen LogP contribution in [0.1, 0.15) is 32.6 Å². The molecule has 62 valence electrons. The van der Waals surface area contributed by atoms with Gasteiger partial charge >= 0.3 is 0 Å². The second kappa shape index (κ2) is 2.50. The van der Waals surface area contributed by atoms with Crippen molar-refractivity contribution in [2.45, 2.75) is 38.6 Å². The molecule has 0 saturated heterocycles. The van der Waals surface area contributed by atoms with Crippen molar-refractivity contribution in [3.05, 3.63) is 0 Å². The Morgan fingerprint density at radius 3 is 3.09 bits per heavy atom. The third kappa shape index (κ3) is 1.15. The van der Waals surface area contributed by atoms with Gasteiger partial charge in [0.15, 0.2) is 0 Å². The maximum absolute atomic E-state index is 5.73. The topological polar surface area (TPSA) is 38.4 Å². The first-order chi connectivity index (χ1) is 5.27. The van der Waals surface area contributed by atoms with Crippen molar-refractivity contribution in [2.24, 2.45) is 22.6 Å². The summed E-state index contributed by atoms with van der Waals surface area (Å²) >= 11 is 0. The van der Waals surface area contributed by atoms with E-state index in [0.717, 1.165) is 24.1 Å². The molecule has 1 heterocycles. The zero-order chi connectivity index (χ0) is 7.84. The molecule has 11 heavy (non-hydrogen) atoms. The molecule has 2 nitrogen and oxygen atoms in total. The van der Waals surface area contributed by atoms with Crippen molar-refractivity contribution in [1.82, 2.24) is 0 Å². The molecule has 2 N–H and O–H groups in total. The Bertz CT molecular complexity index is 186. The molecule has 1 aliphatic carbocycles. The van der Waals surface area contributed by atoms with Gasteiger partial charge in [-0.3, -0.25) is 4.99 Å². The van der Waals surface area contributed by atoms with Crippen molar-refractivity contribution in [2.75, 3.05) is 0 Å². The SMILES string of the molecule is C[C@@H]1CC(N)=N[C@@H]2CCC[C@H]12. The van der Waals surface area contributed by atoms with Crippen molar-refractivity contribution in [3.63, 3.8) is 0 Å². The molecule has 2 aliphatic rings. The summed E-state index contributed by atoms with van der Waals surface area (Å²) in [7, 11) is 0. The van der Waals surface area contributed by atoms with Crippen molar-refractivity contribution in [1.29, 1.82) is 0 Å². The monoisotopic (exact) mass is 152 g/mol. The Kier molecular flexibility index (Phi) is 1.63. The molecule has 0 radical (unpaired) electrons. The van der Waals surface area contributed by atoms with E-state index < -0.39 is 0 Å². The molecule has 0 amide bonds. The van der Waals surface area contributed by atoms with Crippen LogP contribution in [-0.2, 0) is 0 Å². The molecule has 2 heteroatoms. The summed E-state index contributed by atoms with van der Waals surface area (Å²) < 4.78 is 0. The van der Waals surface area contributed by atoms with E-state index >= 15 is 0 Å². The molecule has 0 aromatic rings. The molecule has 0 aromatic carbocycles.